The van der Waals surface area contributed by atoms with Gasteiger partial charge in [-0.2, -0.15) is 0 Å². The van der Waals surface area contributed by atoms with E-state index < -0.39 is 0 Å². The van der Waals surface area contributed by atoms with Crippen LogP contribution in [0.15, 0.2) is 47.0 Å². The van der Waals surface area contributed by atoms with Crippen LogP contribution in [-0.2, 0) is 0 Å². The molecule has 0 saturated heterocycles. The Kier molecular flexibility index (Phi) is 2.61. The van der Waals surface area contributed by atoms with Crippen molar-refractivity contribution in [3.8, 4) is 0 Å². The third kappa shape index (κ3) is 1.82. The van der Waals surface area contributed by atoms with E-state index in [-0.39, 0.29) is 0 Å². The molecule has 0 spiro atoms. The van der Waals surface area contributed by atoms with Crippen molar-refractivity contribution in [2.75, 3.05) is 6.54 Å². The van der Waals surface area contributed by atoms with E-state index in [1.807, 2.05) is 0 Å². The zero-order valence-corrected chi connectivity index (χ0v) is 9.52. The first-order valence-electron chi connectivity index (χ1n) is 6.21. The fourth-order valence-electron chi connectivity index (χ4n) is 2.75. The topological polar surface area (TPSA) is 12.4 Å². The molecule has 0 saturated carbocycles. The lowest BCUT2D eigenvalue weighted by molar-refractivity contribution is 0.509. The summed E-state index contributed by atoms with van der Waals surface area (Å²) < 4.78 is 0. The highest BCUT2D eigenvalue weighted by atomic mass is 14.8. The van der Waals surface area contributed by atoms with Crippen LogP contribution in [0.1, 0.15) is 31.2 Å². The van der Waals surface area contributed by atoms with E-state index >= 15 is 0 Å². The maximum Gasteiger partial charge on any atom is 0.0606 e. The Morgan fingerprint density at radius 3 is 2.88 bits per heavy atom. The SMILES string of the molecule is C1=C2CN=C(c3ccccc3)C[C@H]2CCC1. The molecule has 1 atom stereocenters. The molecule has 1 aromatic carbocycles. The lowest BCUT2D eigenvalue weighted by atomic mass is 9.81. The molecule has 82 valence electrons. The first kappa shape index (κ1) is 9.83. The minimum atomic E-state index is 0.779. The van der Waals surface area contributed by atoms with E-state index in [1.54, 1.807) is 5.57 Å². The highest BCUT2D eigenvalue weighted by Crippen LogP contribution is 2.32. The van der Waals surface area contributed by atoms with Crippen LogP contribution >= 0.6 is 0 Å². The van der Waals surface area contributed by atoms with Crippen molar-refractivity contribution in [3.63, 3.8) is 0 Å². The summed E-state index contributed by atoms with van der Waals surface area (Å²) in [5.74, 6) is 0.779. The van der Waals surface area contributed by atoms with Crippen LogP contribution < -0.4 is 0 Å². The Labute approximate surface area is 96.9 Å². The summed E-state index contributed by atoms with van der Waals surface area (Å²) in [6, 6.07) is 10.6. The number of hydrogen-bond donors (Lipinski definition) is 0. The van der Waals surface area contributed by atoms with Gasteiger partial charge in [0.05, 0.1) is 6.54 Å². The van der Waals surface area contributed by atoms with Crippen molar-refractivity contribution in [3.05, 3.63) is 47.5 Å². The minimum Gasteiger partial charge on any atom is -0.285 e. The number of rotatable bonds is 1. The van der Waals surface area contributed by atoms with E-state index in [1.165, 1.54) is 30.5 Å². The van der Waals surface area contributed by atoms with Crippen molar-refractivity contribution >= 4 is 5.71 Å². The predicted molar refractivity (Wildman–Crippen MR) is 67.9 cm³/mol. The number of hydrogen-bond acceptors (Lipinski definition) is 1. The molecule has 2 aliphatic rings. The maximum atomic E-state index is 4.73. The number of fused-ring (bicyclic) bond motifs is 1. The van der Waals surface area contributed by atoms with Crippen LogP contribution in [-0.4, -0.2) is 12.3 Å². The molecule has 0 unspecified atom stereocenters. The molecule has 0 radical (unpaired) electrons. The third-order valence-electron chi connectivity index (χ3n) is 3.69. The van der Waals surface area contributed by atoms with Crippen molar-refractivity contribution in [2.45, 2.75) is 25.7 Å². The first-order chi connectivity index (χ1) is 7.93. The molecular formula is C15H17N. The summed E-state index contributed by atoms with van der Waals surface area (Å²) in [4.78, 5) is 4.73. The Bertz CT molecular complexity index is 428. The molecule has 0 amide bonds. The van der Waals surface area contributed by atoms with Gasteiger partial charge in [-0.25, -0.2) is 0 Å². The van der Waals surface area contributed by atoms with Crippen LogP contribution in [0.2, 0.25) is 0 Å². The summed E-state index contributed by atoms with van der Waals surface area (Å²) in [6.45, 7) is 0.939. The zero-order chi connectivity index (χ0) is 10.8. The summed E-state index contributed by atoms with van der Waals surface area (Å²) in [6.07, 6.45) is 7.55. The van der Waals surface area contributed by atoms with E-state index in [4.69, 9.17) is 4.99 Å². The lowest BCUT2D eigenvalue weighted by Gasteiger charge is -2.28. The van der Waals surface area contributed by atoms with Gasteiger partial charge in [-0.3, -0.25) is 4.99 Å². The number of aliphatic imine (C=N–C) groups is 1. The van der Waals surface area contributed by atoms with Gasteiger partial charge < -0.3 is 0 Å². The van der Waals surface area contributed by atoms with Gasteiger partial charge in [-0.1, -0.05) is 36.4 Å². The van der Waals surface area contributed by atoms with Gasteiger partial charge in [0.1, 0.15) is 0 Å². The molecule has 1 aromatic rings. The maximum absolute atomic E-state index is 4.73. The van der Waals surface area contributed by atoms with E-state index in [0.717, 1.165) is 18.9 Å². The molecule has 1 heterocycles. The molecule has 1 aliphatic heterocycles. The zero-order valence-electron chi connectivity index (χ0n) is 9.52. The summed E-state index contributed by atoms with van der Waals surface area (Å²) in [5.41, 5.74) is 4.21. The molecular weight excluding hydrogens is 194 g/mol. The minimum absolute atomic E-state index is 0.779. The molecule has 1 heteroatoms. The average Bonchev–Trinajstić information content (AvgIpc) is 2.39. The third-order valence-corrected chi connectivity index (χ3v) is 3.69. The number of nitrogens with zero attached hydrogens (tertiary/aromatic N) is 1. The molecule has 3 rings (SSSR count). The Morgan fingerprint density at radius 2 is 2.00 bits per heavy atom. The van der Waals surface area contributed by atoms with Crippen molar-refractivity contribution in [2.24, 2.45) is 10.9 Å². The quantitative estimate of drug-likeness (QED) is 0.629. The van der Waals surface area contributed by atoms with Crippen LogP contribution in [0.3, 0.4) is 0 Å². The molecule has 1 nitrogen and oxygen atoms in total. The molecule has 0 N–H and O–H groups in total. The summed E-state index contributed by atoms with van der Waals surface area (Å²) in [5, 5.41) is 0. The molecule has 0 aromatic heterocycles. The van der Waals surface area contributed by atoms with E-state index in [9.17, 15) is 0 Å². The number of benzene rings is 1. The van der Waals surface area contributed by atoms with Gasteiger partial charge in [-0.05, 0) is 42.7 Å². The van der Waals surface area contributed by atoms with Crippen molar-refractivity contribution in [1.29, 1.82) is 0 Å². The largest absolute Gasteiger partial charge is 0.285 e. The Morgan fingerprint density at radius 1 is 1.12 bits per heavy atom. The van der Waals surface area contributed by atoms with Gasteiger partial charge in [0.25, 0.3) is 0 Å². The highest BCUT2D eigenvalue weighted by Gasteiger charge is 2.23. The molecule has 0 fully saturated rings. The Hall–Kier alpha value is -1.37. The lowest BCUT2D eigenvalue weighted by Crippen LogP contribution is -2.21. The van der Waals surface area contributed by atoms with Crippen LogP contribution in [0.5, 0.6) is 0 Å². The second-order valence-electron chi connectivity index (χ2n) is 4.74. The van der Waals surface area contributed by atoms with Gasteiger partial charge >= 0.3 is 0 Å². The Balaban J connectivity index is 1.87. The van der Waals surface area contributed by atoms with Crippen LogP contribution in [0.25, 0.3) is 0 Å². The van der Waals surface area contributed by atoms with E-state index in [2.05, 4.69) is 36.4 Å². The van der Waals surface area contributed by atoms with Gasteiger partial charge in [0.15, 0.2) is 0 Å². The smallest absolute Gasteiger partial charge is 0.0606 e. The fourth-order valence-corrected chi connectivity index (χ4v) is 2.75. The monoisotopic (exact) mass is 211 g/mol. The highest BCUT2D eigenvalue weighted by molar-refractivity contribution is 6.01. The first-order valence-corrected chi connectivity index (χ1v) is 6.21. The second kappa shape index (κ2) is 4.25. The van der Waals surface area contributed by atoms with Crippen molar-refractivity contribution < 1.29 is 0 Å². The van der Waals surface area contributed by atoms with Crippen molar-refractivity contribution in [1.82, 2.24) is 0 Å². The van der Waals surface area contributed by atoms with Gasteiger partial charge in [0, 0.05) is 5.71 Å². The van der Waals surface area contributed by atoms with E-state index in [0.29, 0.717) is 0 Å². The second-order valence-corrected chi connectivity index (χ2v) is 4.74. The average molecular weight is 211 g/mol. The summed E-state index contributed by atoms with van der Waals surface area (Å²) >= 11 is 0. The van der Waals surface area contributed by atoms with Gasteiger partial charge in [0.2, 0.25) is 0 Å². The normalized spacial score (nSPS) is 24.4. The summed E-state index contributed by atoms with van der Waals surface area (Å²) in [7, 11) is 0. The fraction of sp³-hybridized carbons (Fsp3) is 0.400. The standard InChI is InChI=1S/C15H17N/c1-2-6-12(7-3-1)15-10-13-8-4-5-9-14(13)11-16-15/h1-3,6-7,9,13H,4-5,8,10-11H2/t13-/m1/s1. The molecule has 1 aliphatic carbocycles. The molecule has 16 heavy (non-hydrogen) atoms. The molecule has 0 bridgehead atoms. The van der Waals surface area contributed by atoms with Gasteiger partial charge in [-0.15, -0.1) is 0 Å². The number of allylic oxidation sites excluding steroid dienone is 1. The van der Waals surface area contributed by atoms with Crippen LogP contribution in [0, 0.1) is 5.92 Å². The van der Waals surface area contributed by atoms with Crippen LogP contribution in [0.4, 0.5) is 0 Å². The predicted octanol–water partition coefficient (Wildman–Crippen LogP) is 3.61.